The average Bonchev–Trinajstić information content (AvgIpc) is 2.85. The first-order chi connectivity index (χ1) is 8.80. The summed E-state index contributed by atoms with van der Waals surface area (Å²) in [7, 11) is 3.28. The molecule has 0 aliphatic carbocycles. The highest BCUT2D eigenvalue weighted by Crippen LogP contribution is 2.31. The van der Waals surface area contributed by atoms with Crippen LogP contribution in [0.1, 0.15) is 18.5 Å². The molecular formula is C13H19ClN2O2. The number of rotatable bonds is 5. The molecule has 0 N–H and O–H groups in total. The molecule has 2 heterocycles. The summed E-state index contributed by atoms with van der Waals surface area (Å²) in [6, 6.07) is 2.26. The standard InChI is InChI=1S/C13H19ClN2O2/c1-17-12-5-6-15-11(13(12)18-2)9-16-7-3-4-10(16)8-14/h5-6,10H,3-4,7-9H2,1-2H3. The molecule has 0 aromatic carbocycles. The van der Waals surface area contributed by atoms with Gasteiger partial charge in [0.1, 0.15) is 5.69 Å². The molecule has 18 heavy (non-hydrogen) atoms. The molecule has 1 aromatic heterocycles. The lowest BCUT2D eigenvalue weighted by molar-refractivity contribution is 0.252. The Morgan fingerprint density at radius 1 is 1.44 bits per heavy atom. The SMILES string of the molecule is COc1ccnc(CN2CCCC2CCl)c1OC. The maximum absolute atomic E-state index is 5.98. The van der Waals surface area contributed by atoms with Crippen LogP contribution in [0.3, 0.4) is 0 Å². The van der Waals surface area contributed by atoms with Gasteiger partial charge in [-0.05, 0) is 19.4 Å². The smallest absolute Gasteiger partial charge is 0.183 e. The fraction of sp³-hybridized carbons (Fsp3) is 0.615. The van der Waals surface area contributed by atoms with Crippen LogP contribution in [0.2, 0.25) is 0 Å². The van der Waals surface area contributed by atoms with Gasteiger partial charge in [-0.3, -0.25) is 9.88 Å². The molecule has 0 saturated carbocycles. The van der Waals surface area contributed by atoms with E-state index in [1.807, 2.05) is 6.07 Å². The van der Waals surface area contributed by atoms with E-state index in [1.165, 1.54) is 6.42 Å². The van der Waals surface area contributed by atoms with E-state index < -0.39 is 0 Å². The minimum atomic E-state index is 0.448. The summed E-state index contributed by atoms with van der Waals surface area (Å²) in [4.78, 5) is 6.76. The number of hydrogen-bond donors (Lipinski definition) is 0. The Labute approximate surface area is 113 Å². The number of aromatic nitrogens is 1. The largest absolute Gasteiger partial charge is 0.493 e. The molecule has 0 amide bonds. The molecule has 1 fully saturated rings. The lowest BCUT2D eigenvalue weighted by Gasteiger charge is -2.23. The van der Waals surface area contributed by atoms with Gasteiger partial charge in [-0.2, -0.15) is 0 Å². The van der Waals surface area contributed by atoms with Gasteiger partial charge < -0.3 is 9.47 Å². The highest BCUT2D eigenvalue weighted by atomic mass is 35.5. The van der Waals surface area contributed by atoms with Crippen LogP contribution in [0.4, 0.5) is 0 Å². The Hall–Kier alpha value is -1.00. The number of nitrogens with zero attached hydrogens (tertiary/aromatic N) is 2. The fourth-order valence-electron chi connectivity index (χ4n) is 2.43. The first kappa shape index (κ1) is 13.4. The van der Waals surface area contributed by atoms with Gasteiger partial charge in [0.05, 0.1) is 14.2 Å². The molecule has 4 nitrogen and oxygen atoms in total. The van der Waals surface area contributed by atoms with Crippen molar-refractivity contribution in [1.29, 1.82) is 0 Å². The monoisotopic (exact) mass is 270 g/mol. The third-order valence-corrected chi connectivity index (χ3v) is 3.75. The number of hydrogen-bond acceptors (Lipinski definition) is 4. The van der Waals surface area contributed by atoms with E-state index in [2.05, 4.69) is 9.88 Å². The van der Waals surface area contributed by atoms with Gasteiger partial charge in [-0.1, -0.05) is 0 Å². The lowest BCUT2D eigenvalue weighted by atomic mass is 10.2. The highest BCUT2D eigenvalue weighted by Gasteiger charge is 2.25. The van der Waals surface area contributed by atoms with Gasteiger partial charge in [0.25, 0.3) is 0 Å². The van der Waals surface area contributed by atoms with Crippen molar-refractivity contribution in [3.8, 4) is 11.5 Å². The molecule has 1 aliphatic heterocycles. The third-order valence-electron chi connectivity index (χ3n) is 3.40. The average molecular weight is 271 g/mol. The van der Waals surface area contributed by atoms with Crippen molar-refractivity contribution in [3.05, 3.63) is 18.0 Å². The molecule has 0 bridgehead atoms. The van der Waals surface area contributed by atoms with Crippen molar-refractivity contribution < 1.29 is 9.47 Å². The number of likely N-dealkylation sites (tertiary alicyclic amines) is 1. The van der Waals surface area contributed by atoms with Gasteiger partial charge in [-0.25, -0.2) is 0 Å². The number of halogens is 1. The Balaban J connectivity index is 2.18. The first-order valence-electron chi connectivity index (χ1n) is 6.16. The zero-order chi connectivity index (χ0) is 13.0. The Morgan fingerprint density at radius 3 is 2.94 bits per heavy atom. The van der Waals surface area contributed by atoms with E-state index in [9.17, 15) is 0 Å². The summed E-state index contributed by atoms with van der Waals surface area (Å²) in [6.07, 6.45) is 4.11. The molecule has 0 radical (unpaired) electrons. The first-order valence-corrected chi connectivity index (χ1v) is 6.69. The molecule has 0 spiro atoms. The van der Waals surface area contributed by atoms with Crippen molar-refractivity contribution in [2.75, 3.05) is 26.6 Å². The summed E-state index contributed by atoms with van der Waals surface area (Å²) in [5.74, 6) is 2.12. The predicted octanol–water partition coefficient (Wildman–Crippen LogP) is 2.30. The summed E-state index contributed by atoms with van der Waals surface area (Å²) < 4.78 is 10.7. The van der Waals surface area contributed by atoms with Crippen LogP contribution in [-0.4, -0.2) is 42.6 Å². The number of ether oxygens (including phenoxy) is 2. The second-order valence-electron chi connectivity index (χ2n) is 4.41. The van der Waals surface area contributed by atoms with E-state index >= 15 is 0 Å². The van der Waals surface area contributed by atoms with Crippen molar-refractivity contribution in [2.24, 2.45) is 0 Å². The molecule has 1 aromatic rings. The van der Waals surface area contributed by atoms with Gasteiger partial charge in [0.2, 0.25) is 0 Å². The quantitative estimate of drug-likeness (QED) is 0.769. The van der Waals surface area contributed by atoms with Crippen molar-refractivity contribution in [1.82, 2.24) is 9.88 Å². The van der Waals surface area contributed by atoms with Crippen molar-refractivity contribution in [3.63, 3.8) is 0 Å². The van der Waals surface area contributed by atoms with Gasteiger partial charge in [-0.15, -0.1) is 11.6 Å². The van der Waals surface area contributed by atoms with Gasteiger partial charge >= 0.3 is 0 Å². The zero-order valence-corrected chi connectivity index (χ0v) is 11.6. The van der Waals surface area contributed by atoms with Crippen LogP contribution >= 0.6 is 11.6 Å². The van der Waals surface area contributed by atoms with Crippen LogP contribution in [-0.2, 0) is 6.54 Å². The Kier molecular flexibility index (Phi) is 4.66. The third kappa shape index (κ3) is 2.70. The topological polar surface area (TPSA) is 34.6 Å². The maximum atomic E-state index is 5.98. The fourth-order valence-corrected chi connectivity index (χ4v) is 2.78. The van der Waals surface area contributed by atoms with E-state index in [0.717, 1.165) is 36.7 Å². The molecule has 2 rings (SSSR count). The summed E-state index contributed by atoms with van der Waals surface area (Å²) in [5.41, 5.74) is 0.911. The van der Waals surface area contributed by atoms with E-state index in [4.69, 9.17) is 21.1 Å². The van der Waals surface area contributed by atoms with Crippen LogP contribution in [0, 0.1) is 0 Å². The minimum Gasteiger partial charge on any atom is -0.493 e. The molecule has 1 saturated heterocycles. The molecule has 5 heteroatoms. The molecule has 100 valence electrons. The van der Waals surface area contributed by atoms with E-state index in [1.54, 1.807) is 20.4 Å². The number of alkyl halides is 1. The summed E-state index contributed by atoms with van der Waals surface area (Å²) in [5, 5.41) is 0. The Morgan fingerprint density at radius 2 is 2.28 bits per heavy atom. The van der Waals surface area contributed by atoms with Crippen LogP contribution in [0.15, 0.2) is 12.3 Å². The van der Waals surface area contributed by atoms with Crippen LogP contribution < -0.4 is 9.47 Å². The highest BCUT2D eigenvalue weighted by molar-refractivity contribution is 6.18. The van der Waals surface area contributed by atoms with E-state index in [0.29, 0.717) is 11.9 Å². The maximum Gasteiger partial charge on any atom is 0.183 e. The lowest BCUT2D eigenvalue weighted by Crippen LogP contribution is -2.30. The van der Waals surface area contributed by atoms with E-state index in [-0.39, 0.29) is 0 Å². The zero-order valence-electron chi connectivity index (χ0n) is 10.9. The summed E-state index contributed by atoms with van der Waals surface area (Å²) >= 11 is 5.98. The minimum absolute atomic E-state index is 0.448. The molecular weight excluding hydrogens is 252 g/mol. The van der Waals surface area contributed by atoms with Crippen molar-refractivity contribution in [2.45, 2.75) is 25.4 Å². The molecule has 1 unspecified atom stereocenters. The summed E-state index contributed by atoms with van der Waals surface area (Å²) in [6.45, 7) is 1.83. The van der Waals surface area contributed by atoms with Crippen LogP contribution in [0.5, 0.6) is 11.5 Å². The second kappa shape index (κ2) is 6.25. The van der Waals surface area contributed by atoms with Crippen molar-refractivity contribution >= 4 is 11.6 Å². The second-order valence-corrected chi connectivity index (χ2v) is 4.72. The number of methoxy groups -OCH3 is 2. The van der Waals surface area contributed by atoms with Crippen LogP contribution in [0.25, 0.3) is 0 Å². The van der Waals surface area contributed by atoms with Gasteiger partial charge in [0, 0.05) is 30.7 Å². The number of pyridine rings is 1. The Bertz CT molecular complexity index is 401. The predicted molar refractivity (Wildman–Crippen MR) is 71.5 cm³/mol. The normalized spacial score (nSPS) is 20.1. The van der Waals surface area contributed by atoms with Gasteiger partial charge in [0.15, 0.2) is 11.5 Å². The molecule has 1 atom stereocenters. The molecule has 1 aliphatic rings.